The van der Waals surface area contributed by atoms with Crippen molar-refractivity contribution in [1.29, 1.82) is 5.26 Å². The van der Waals surface area contributed by atoms with Crippen LogP contribution in [-0.4, -0.2) is 52.9 Å². The molecule has 1 N–H and O–H groups in total. The van der Waals surface area contributed by atoms with E-state index < -0.39 is 0 Å². The molecule has 0 radical (unpaired) electrons. The van der Waals surface area contributed by atoms with Crippen molar-refractivity contribution >= 4 is 0 Å². The van der Waals surface area contributed by atoms with Crippen molar-refractivity contribution in [2.45, 2.75) is 25.9 Å². The summed E-state index contributed by atoms with van der Waals surface area (Å²) in [5.41, 5.74) is 0.643. The van der Waals surface area contributed by atoms with Crippen molar-refractivity contribution in [2.24, 2.45) is 0 Å². The highest BCUT2D eigenvalue weighted by Crippen LogP contribution is 2.19. The highest BCUT2D eigenvalue weighted by atomic mass is 16.5. The molecule has 1 aromatic carbocycles. The lowest BCUT2D eigenvalue weighted by atomic mass is 10.2. The highest BCUT2D eigenvalue weighted by molar-refractivity contribution is 5.34. The molecular weight excluding hydrogens is 318 g/mol. The zero-order valence-corrected chi connectivity index (χ0v) is 14.4. The number of benzene rings is 1. The van der Waals surface area contributed by atoms with Crippen LogP contribution in [0.15, 0.2) is 24.3 Å². The molecule has 1 aromatic heterocycles. The number of nitriles is 1. The smallest absolute Gasteiger partial charge is 0.180 e. The van der Waals surface area contributed by atoms with E-state index in [0.29, 0.717) is 18.8 Å². The van der Waals surface area contributed by atoms with Gasteiger partial charge in [0.1, 0.15) is 17.7 Å². The van der Waals surface area contributed by atoms with Crippen LogP contribution in [0.1, 0.15) is 36.7 Å². The number of aromatic nitrogens is 3. The topological polar surface area (TPSA) is 87.1 Å². The van der Waals surface area contributed by atoms with Gasteiger partial charge in [-0.05, 0) is 30.7 Å². The van der Waals surface area contributed by atoms with E-state index >= 15 is 0 Å². The first-order valence-electron chi connectivity index (χ1n) is 8.66. The molecule has 132 valence electrons. The summed E-state index contributed by atoms with van der Waals surface area (Å²) in [6.07, 6.45) is 1.71. The van der Waals surface area contributed by atoms with E-state index in [2.05, 4.69) is 26.2 Å². The normalized spacial score (nSPS) is 18.0. The van der Waals surface area contributed by atoms with E-state index in [-0.39, 0.29) is 6.10 Å². The Morgan fingerprint density at radius 3 is 2.96 bits per heavy atom. The Morgan fingerprint density at radius 2 is 2.24 bits per heavy atom. The number of nitrogens with zero attached hydrogens (tertiary/aromatic N) is 4. The number of morpholine rings is 1. The molecule has 7 heteroatoms. The Labute approximate surface area is 147 Å². The predicted octanol–water partition coefficient (Wildman–Crippen LogP) is 2.08. The van der Waals surface area contributed by atoms with Gasteiger partial charge in [-0.3, -0.25) is 10.00 Å². The van der Waals surface area contributed by atoms with Gasteiger partial charge in [0, 0.05) is 26.1 Å². The Balaban J connectivity index is 1.41. The summed E-state index contributed by atoms with van der Waals surface area (Å²) >= 11 is 0. The van der Waals surface area contributed by atoms with E-state index in [0.717, 1.165) is 49.9 Å². The first kappa shape index (κ1) is 17.4. The molecule has 2 aromatic rings. The Hall–Kier alpha value is -2.43. The lowest BCUT2D eigenvalue weighted by Crippen LogP contribution is -2.39. The van der Waals surface area contributed by atoms with Crippen LogP contribution in [-0.2, 0) is 11.2 Å². The van der Waals surface area contributed by atoms with E-state index in [9.17, 15) is 0 Å². The van der Waals surface area contributed by atoms with E-state index in [4.69, 9.17) is 14.7 Å². The van der Waals surface area contributed by atoms with E-state index in [1.165, 1.54) is 0 Å². The fourth-order valence-corrected chi connectivity index (χ4v) is 2.78. The number of H-pyrrole nitrogens is 1. The van der Waals surface area contributed by atoms with Gasteiger partial charge in [-0.2, -0.15) is 10.4 Å². The van der Waals surface area contributed by atoms with Gasteiger partial charge >= 0.3 is 0 Å². The lowest BCUT2D eigenvalue weighted by Gasteiger charge is -2.31. The fraction of sp³-hybridized carbons (Fsp3) is 0.500. The minimum atomic E-state index is -0.0651. The summed E-state index contributed by atoms with van der Waals surface area (Å²) < 4.78 is 11.5. The standard InChI is InChI=1S/C18H23N5O2/c1-2-17-20-18(22-21-17)16-13-23(9-11-25-16)8-3-10-24-15-6-4-14(12-19)5-7-15/h4-7,16H,2-3,8-11,13H2,1H3,(H,20,21,22)/t16-/m0/s1. The van der Waals surface area contributed by atoms with Gasteiger partial charge in [0.25, 0.3) is 0 Å². The number of rotatable bonds is 7. The SMILES string of the molecule is CCc1nc([C@@H]2CN(CCCOc3ccc(C#N)cc3)CCO2)n[nH]1. The summed E-state index contributed by atoms with van der Waals surface area (Å²) in [7, 11) is 0. The maximum Gasteiger partial charge on any atom is 0.180 e. The van der Waals surface area contributed by atoms with Crippen LogP contribution >= 0.6 is 0 Å². The zero-order valence-electron chi connectivity index (χ0n) is 14.4. The first-order chi connectivity index (χ1) is 12.3. The van der Waals surface area contributed by atoms with Crippen LogP contribution in [0.5, 0.6) is 5.75 Å². The minimum Gasteiger partial charge on any atom is -0.494 e. The van der Waals surface area contributed by atoms with Crippen LogP contribution in [0, 0.1) is 11.3 Å². The third-order valence-corrected chi connectivity index (χ3v) is 4.19. The quantitative estimate of drug-likeness (QED) is 0.776. The number of nitrogens with one attached hydrogen (secondary N) is 1. The summed E-state index contributed by atoms with van der Waals surface area (Å²) in [5, 5.41) is 16.0. The molecule has 0 bridgehead atoms. The third kappa shape index (κ3) is 4.78. The van der Waals surface area contributed by atoms with Gasteiger partial charge in [0.15, 0.2) is 5.82 Å². The third-order valence-electron chi connectivity index (χ3n) is 4.19. The number of hydrogen-bond donors (Lipinski definition) is 1. The van der Waals surface area contributed by atoms with E-state index in [1.54, 1.807) is 12.1 Å². The fourth-order valence-electron chi connectivity index (χ4n) is 2.78. The number of hydrogen-bond acceptors (Lipinski definition) is 6. The summed E-state index contributed by atoms with van der Waals surface area (Å²) in [6.45, 7) is 6.05. The molecule has 1 fully saturated rings. The summed E-state index contributed by atoms with van der Waals surface area (Å²) in [4.78, 5) is 6.83. The maximum atomic E-state index is 8.79. The molecule has 3 rings (SSSR count). The molecule has 7 nitrogen and oxygen atoms in total. The van der Waals surface area contributed by atoms with Gasteiger partial charge in [0.05, 0.1) is 24.8 Å². The second-order valence-electron chi connectivity index (χ2n) is 5.99. The molecule has 0 amide bonds. The van der Waals surface area contributed by atoms with Crippen LogP contribution in [0.4, 0.5) is 0 Å². The molecule has 1 aliphatic heterocycles. The molecule has 1 atom stereocenters. The van der Waals surface area contributed by atoms with Gasteiger partial charge in [0.2, 0.25) is 0 Å². The number of ether oxygens (including phenoxy) is 2. The summed E-state index contributed by atoms with van der Waals surface area (Å²) in [6, 6.07) is 9.30. The van der Waals surface area contributed by atoms with Crippen LogP contribution < -0.4 is 4.74 Å². The van der Waals surface area contributed by atoms with Crippen LogP contribution in [0.25, 0.3) is 0 Å². The average molecular weight is 341 g/mol. The molecule has 1 aliphatic rings. The van der Waals surface area contributed by atoms with Crippen molar-refractivity contribution in [1.82, 2.24) is 20.1 Å². The van der Waals surface area contributed by atoms with Crippen molar-refractivity contribution < 1.29 is 9.47 Å². The molecule has 0 aliphatic carbocycles. The number of aromatic amines is 1. The van der Waals surface area contributed by atoms with Gasteiger partial charge in [-0.1, -0.05) is 6.92 Å². The molecule has 25 heavy (non-hydrogen) atoms. The van der Waals surface area contributed by atoms with Gasteiger partial charge in [-0.15, -0.1) is 0 Å². The Morgan fingerprint density at radius 1 is 1.40 bits per heavy atom. The van der Waals surface area contributed by atoms with Crippen molar-refractivity contribution in [2.75, 3.05) is 32.8 Å². The summed E-state index contributed by atoms with van der Waals surface area (Å²) in [5.74, 6) is 2.44. The maximum absolute atomic E-state index is 8.79. The Bertz CT molecular complexity index is 707. The molecule has 0 spiro atoms. The largest absolute Gasteiger partial charge is 0.494 e. The van der Waals surface area contributed by atoms with E-state index in [1.807, 2.05) is 19.1 Å². The number of aryl methyl sites for hydroxylation is 1. The molecule has 0 saturated carbocycles. The van der Waals surface area contributed by atoms with Crippen molar-refractivity contribution in [3.63, 3.8) is 0 Å². The molecule has 0 unspecified atom stereocenters. The first-order valence-corrected chi connectivity index (χ1v) is 8.66. The van der Waals surface area contributed by atoms with Crippen LogP contribution in [0.2, 0.25) is 0 Å². The predicted molar refractivity (Wildman–Crippen MR) is 92.2 cm³/mol. The Kier molecular flexibility index (Phi) is 5.99. The highest BCUT2D eigenvalue weighted by Gasteiger charge is 2.24. The van der Waals surface area contributed by atoms with Gasteiger partial charge < -0.3 is 9.47 Å². The lowest BCUT2D eigenvalue weighted by molar-refractivity contribution is -0.0351. The zero-order chi connectivity index (χ0) is 17.5. The van der Waals surface area contributed by atoms with Crippen molar-refractivity contribution in [3.8, 4) is 11.8 Å². The molecule has 1 saturated heterocycles. The second-order valence-corrected chi connectivity index (χ2v) is 5.99. The minimum absolute atomic E-state index is 0.0651. The molecule has 2 heterocycles. The monoisotopic (exact) mass is 341 g/mol. The van der Waals surface area contributed by atoms with Crippen molar-refractivity contribution in [3.05, 3.63) is 41.5 Å². The second kappa shape index (κ2) is 8.60. The average Bonchev–Trinajstić information content (AvgIpc) is 3.15. The van der Waals surface area contributed by atoms with Crippen LogP contribution in [0.3, 0.4) is 0 Å². The molecular formula is C18H23N5O2. The van der Waals surface area contributed by atoms with Gasteiger partial charge in [-0.25, -0.2) is 4.98 Å².